The fourth-order valence-corrected chi connectivity index (χ4v) is 2.82. The Kier molecular flexibility index (Phi) is 3.54. The van der Waals surface area contributed by atoms with Crippen molar-refractivity contribution in [3.05, 3.63) is 45.2 Å². The third-order valence-corrected chi connectivity index (χ3v) is 4.03. The van der Waals surface area contributed by atoms with Crippen LogP contribution in [0.2, 0.25) is 0 Å². The Morgan fingerprint density at radius 2 is 2.12 bits per heavy atom. The molecule has 17 heavy (non-hydrogen) atoms. The quantitative estimate of drug-likeness (QED) is 0.907. The van der Waals surface area contributed by atoms with E-state index in [-0.39, 0.29) is 6.04 Å². The van der Waals surface area contributed by atoms with Crippen LogP contribution in [-0.4, -0.2) is 9.97 Å². The van der Waals surface area contributed by atoms with Gasteiger partial charge in [-0.15, -0.1) is 11.3 Å². The highest BCUT2D eigenvalue weighted by Gasteiger charge is 2.12. The molecule has 2 aromatic heterocycles. The normalized spacial score (nSPS) is 12.7. The first-order chi connectivity index (χ1) is 8.08. The Labute approximate surface area is 106 Å². The molecule has 0 amide bonds. The van der Waals surface area contributed by atoms with E-state index in [2.05, 4.69) is 16.9 Å². The molecule has 0 bridgehead atoms. The minimum atomic E-state index is 0.00273. The molecule has 90 valence electrons. The van der Waals surface area contributed by atoms with Gasteiger partial charge in [0, 0.05) is 29.7 Å². The number of thiazole rings is 1. The van der Waals surface area contributed by atoms with Gasteiger partial charge in [-0.2, -0.15) is 0 Å². The maximum absolute atomic E-state index is 6.23. The van der Waals surface area contributed by atoms with E-state index in [1.54, 1.807) is 17.5 Å². The Morgan fingerprint density at radius 3 is 2.71 bits per heavy atom. The first-order valence-corrected chi connectivity index (χ1v) is 6.48. The average Bonchev–Trinajstić information content (AvgIpc) is 2.58. The Morgan fingerprint density at radius 1 is 1.35 bits per heavy atom. The topological polar surface area (TPSA) is 51.8 Å². The van der Waals surface area contributed by atoms with Crippen LogP contribution in [0.3, 0.4) is 0 Å². The van der Waals surface area contributed by atoms with Crippen molar-refractivity contribution in [3.63, 3.8) is 0 Å². The number of hydrogen-bond acceptors (Lipinski definition) is 4. The molecule has 3 nitrogen and oxygen atoms in total. The molecule has 0 aliphatic carbocycles. The number of aryl methyl sites for hydroxylation is 3. The summed E-state index contributed by atoms with van der Waals surface area (Å²) in [6, 6.07) is 2.00. The van der Waals surface area contributed by atoms with Crippen LogP contribution in [0, 0.1) is 20.8 Å². The number of pyridine rings is 1. The van der Waals surface area contributed by atoms with E-state index in [1.165, 1.54) is 4.88 Å². The van der Waals surface area contributed by atoms with Gasteiger partial charge in [0.2, 0.25) is 0 Å². The van der Waals surface area contributed by atoms with E-state index in [4.69, 9.17) is 5.73 Å². The maximum atomic E-state index is 6.23. The zero-order valence-electron chi connectivity index (χ0n) is 10.4. The van der Waals surface area contributed by atoms with Gasteiger partial charge in [0.15, 0.2) is 0 Å². The van der Waals surface area contributed by atoms with E-state index in [9.17, 15) is 0 Å². The Balaban J connectivity index is 2.17. The summed E-state index contributed by atoms with van der Waals surface area (Å²) < 4.78 is 0. The summed E-state index contributed by atoms with van der Waals surface area (Å²) in [6.45, 7) is 6.18. The molecule has 0 aromatic carbocycles. The maximum Gasteiger partial charge on any atom is 0.0949 e. The fourth-order valence-electron chi connectivity index (χ4n) is 1.82. The SMILES string of the molecule is Cc1cnccc1C(N)Cc1nc(C)c(C)s1. The van der Waals surface area contributed by atoms with Gasteiger partial charge in [-0.3, -0.25) is 4.98 Å². The zero-order chi connectivity index (χ0) is 12.4. The Hall–Kier alpha value is -1.26. The molecule has 2 N–H and O–H groups in total. The summed E-state index contributed by atoms with van der Waals surface area (Å²) in [5.41, 5.74) is 9.64. The largest absolute Gasteiger partial charge is 0.324 e. The third kappa shape index (κ3) is 2.70. The lowest BCUT2D eigenvalue weighted by Crippen LogP contribution is -2.14. The molecule has 1 unspecified atom stereocenters. The van der Waals surface area contributed by atoms with Gasteiger partial charge in [-0.25, -0.2) is 4.98 Å². The van der Waals surface area contributed by atoms with Crippen molar-refractivity contribution >= 4 is 11.3 Å². The highest BCUT2D eigenvalue weighted by Crippen LogP contribution is 2.23. The van der Waals surface area contributed by atoms with E-state index in [0.29, 0.717) is 0 Å². The van der Waals surface area contributed by atoms with Crippen LogP contribution in [0.1, 0.15) is 32.7 Å². The summed E-state index contributed by atoms with van der Waals surface area (Å²) in [5, 5.41) is 1.11. The van der Waals surface area contributed by atoms with E-state index in [1.807, 2.05) is 26.1 Å². The Bertz CT molecular complexity index is 500. The van der Waals surface area contributed by atoms with E-state index >= 15 is 0 Å². The second-order valence-electron chi connectivity index (χ2n) is 4.29. The smallest absolute Gasteiger partial charge is 0.0949 e. The summed E-state index contributed by atoms with van der Waals surface area (Å²) >= 11 is 1.74. The predicted molar refractivity (Wildman–Crippen MR) is 71.2 cm³/mol. The van der Waals surface area contributed by atoms with Crippen molar-refractivity contribution in [2.45, 2.75) is 33.2 Å². The van der Waals surface area contributed by atoms with Crippen LogP contribution in [0.25, 0.3) is 0 Å². The van der Waals surface area contributed by atoms with E-state index < -0.39 is 0 Å². The molecule has 1 atom stereocenters. The van der Waals surface area contributed by atoms with Gasteiger partial charge in [-0.05, 0) is 38.0 Å². The summed E-state index contributed by atoms with van der Waals surface area (Å²) in [6.07, 6.45) is 4.44. The number of rotatable bonds is 3. The van der Waals surface area contributed by atoms with Gasteiger partial charge >= 0.3 is 0 Å². The molecule has 0 aliphatic heterocycles. The second kappa shape index (κ2) is 4.94. The average molecular weight is 247 g/mol. The molecule has 0 saturated heterocycles. The lowest BCUT2D eigenvalue weighted by atomic mass is 10.0. The van der Waals surface area contributed by atoms with Gasteiger partial charge < -0.3 is 5.73 Å². The fraction of sp³-hybridized carbons (Fsp3) is 0.385. The third-order valence-electron chi connectivity index (χ3n) is 2.93. The van der Waals surface area contributed by atoms with Gasteiger partial charge in [0.05, 0.1) is 10.7 Å². The summed E-state index contributed by atoms with van der Waals surface area (Å²) in [4.78, 5) is 9.89. The molecule has 0 saturated carbocycles. The first kappa shape index (κ1) is 12.2. The van der Waals surface area contributed by atoms with Crippen LogP contribution in [0.5, 0.6) is 0 Å². The molecule has 2 rings (SSSR count). The molecule has 0 radical (unpaired) electrons. The van der Waals surface area contributed by atoms with Crippen molar-refractivity contribution in [1.82, 2.24) is 9.97 Å². The predicted octanol–water partition coefficient (Wildman–Crippen LogP) is 2.71. The van der Waals surface area contributed by atoms with Crippen molar-refractivity contribution < 1.29 is 0 Å². The number of nitrogens with zero attached hydrogens (tertiary/aromatic N) is 2. The lowest BCUT2D eigenvalue weighted by molar-refractivity contribution is 0.710. The highest BCUT2D eigenvalue weighted by atomic mass is 32.1. The summed E-state index contributed by atoms with van der Waals surface area (Å²) in [5.74, 6) is 0. The molecule has 2 heterocycles. The number of aromatic nitrogens is 2. The van der Waals surface area contributed by atoms with Gasteiger partial charge in [0.1, 0.15) is 0 Å². The lowest BCUT2D eigenvalue weighted by Gasteiger charge is -2.12. The molecular weight excluding hydrogens is 230 g/mol. The van der Waals surface area contributed by atoms with Crippen LogP contribution < -0.4 is 5.73 Å². The zero-order valence-corrected chi connectivity index (χ0v) is 11.2. The molecule has 0 spiro atoms. The van der Waals surface area contributed by atoms with Crippen molar-refractivity contribution in [2.24, 2.45) is 5.73 Å². The van der Waals surface area contributed by atoms with Crippen molar-refractivity contribution in [2.75, 3.05) is 0 Å². The van der Waals surface area contributed by atoms with Crippen molar-refractivity contribution in [3.8, 4) is 0 Å². The second-order valence-corrected chi connectivity index (χ2v) is 5.58. The van der Waals surface area contributed by atoms with Crippen LogP contribution >= 0.6 is 11.3 Å². The van der Waals surface area contributed by atoms with Crippen LogP contribution in [0.15, 0.2) is 18.5 Å². The minimum absolute atomic E-state index is 0.00273. The standard InChI is InChI=1S/C13H17N3S/c1-8-7-15-5-4-11(8)12(14)6-13-16-9(2)10(3)17-13/h4-5,7,12H,6,14H2,1-3H3. The number of nitrogens with two attached hydrogens (primary N) is 1. The molecule has 4 heteroatoms. The van der Waals surface area contributed by atoms with E-state index in [0.717, 1.165) is 28.2 Å². The number of hydrogen-bond donors (Lipinski definition) is 1. The van der Waals surface area contributed by atoms with Gasteiger partial charge in [0.25, 0.3) is 0 Å². The highest BCUT2D eigenvalue weighted by molar-refractivity contribution is 7.11. The first-order valence-electron chi connectivity index (χ1n) is 5.67. The van der Waals surface area contributed by atoms with Gasteiger partial charge in [-0.1, -0.05) is 0 Å². The molecular formula is C13H17N3S. The van der Waals surface area contributed by atoms with Crippen LogP contribution in [0.4, 0.5) is 0 Å². The summed E-state index contributed by atoms with van der Waals surface area (Å²) in [7, 11) is 0. The van der Waals surface area contributed by atoms with Crippen LogP contribution in [-0.2, 0) is 6.42 Å². The minimum Gasteiger partial charge on any atom is -0.324 e. The molecule has 0 aliphatic rings. The van der Waals surface area contributed by atoms with Crippen molar-refractivity contribution in [1.29, 1.82) is 0 Å². The molecule has 0 fully saturated rings. The monoisotopic (exact) mass is 247 g/mol. The molecule has 2 aromatic rings.